The molecule has 3 aliphatic carbocycles. The predicted octanol–water partition coefficient (Wildman–Crippen LogP) is 13.6. The van der Waals surface area contributed by atoms with E-state index in [-0.39, 0.29) is 74.2 Å². The van der Waals surface area contributed by atoms with Crippen LogP contribution in [0.15, 0.2) is 74.4 Å². The third-order valence-corrected chi connectivity index (χ3v) is 11.4. The minimum atomic E-state index is -0.582. The minimum absolute atomic E-state index is 0. The van der Waals surface area contributed by atoms with Gasteiger partial charge in [-0.25, -0.2) is 22.8 Å². The molecule has 18 heteroatoms. The number of phenolic OH excluding ortho intramolecular Hbond substituents is 1. The van der Waals surface area contributed by atoms with Gasteiger partial charge in [0.05, 0.1) is 15.1 Å². The first-order valence-electron chi connectivity index (χ1n) is 21.4. The molecule has 5 N–H and O–H groups in total. The molecule has 3 fully saturated rings. The van der Waals surface area contributed by atoms with E-state index in [0.29, 0.717) is 67.8 Å². The fourth-order valence-corrected chi connectivity index (χ4v) is 7.31. The first kappa shape index (κ1) is 59.3. The van der Waals surface area contributed by atoms with Crippen LogP contribution >= 0.6 is 63.1 Å². The van der Waals surface area contributed by atoms with Gasteiger partial charge in [0.25, 0.3) is 0 Å². The van der Waals surface area contributed by atoms with Crippen LogP contribution in [0.25, 0.3) is 0 Å². The van der Waals surface area contributed by atoms with Crippen LogP contribution in [-0.2, 0) is 9.47 Å². The molecular weight excluding hydrogens is 1020 g/mol. The molecular formula is C49H63BrCl4F3N3O7. The number of rotatable bonds is 15. The quantitative estimate of drug-likeness (QED) is 0.0871. The lowest BCUT2D eigenvalue weighted by atomic mass is 10.1. The molecule has 0 saturated heterocycles. The second-order valence-corrected chi connectivity index (χ2v) is 19.7. The summed E-state index contributed by atoms with van der Waals surface area (Å²) in [5.74, 6) is 0.0483. The maximum atomic E-state index is 14.4. The summed E-state index contributed by atoms with van der Waals surface area (Å²) in [7, 11) is 0. The molecule has 67 heavy (non-hydrogen) atoms. The van der Waals surface area contributed by atoms with Gasteiger partial charge in [0.1, 0.15) is 59.1 Å². The van der Waals surface area contributed by atoms with Gasteiger partial charge in [-0.3, -0.25) is 0 Å². The van der Waals surface area contributed by atoms with Crippen LogP contribution in [0.1, 0.15) is 95.2 Å². The zero-order valence-electron chi connectivity index (χ0n) is 38.7. The Balaban J connectivity index is 0.000000333. The Morgan fingerprint density at radius 3 is 1.37 bits per heavy atom. The number of nitrogens with two attached hydrogens (primary N) is 1. The van der Waals surface area contributed by atoms with E-state index < -0.39 is 35.0 Å². The first-order valence-corrected chi connectivity index (χ1v) is 23.7. The Hall–Kier alpha value is -3.79. The summed E-state index contributed by atoms with van der Waals surface area (Å²) < 4.78 is 63.7. The van der Waals surface area contributed by atoms with Gasteiger partial charge in [-0.1, -0.05) is 82.1 Å². The Bertz CT molecular complexity index is 2160. The predicted molar refractivity (Wildman–Crippen MR) is 269 cm³/mol. The molecule has 6 atom stereocenters. The average Bonchev–Trinajstić information content (AvgIpc) is 4.16. The van der Waals surface area contributed by atoms with Crippen LogP contribution in [0.4, 0.5) is 22.8 Å². The highest BCUT2D eigenvalue weighted by atomic mass is 79.9. The van der Waals surface area contributed by atoms with Gasteiger partial charge in [0, 0.05) is 35.1 Å². The summed E-state index contributed by atoms with van der Waals surface area (Å²) in [6.07, 6.45) is 6.41. The number of carbonyl (C=O) groups excluding carboxylic acids is 2. The van der Waals surface area contributed by atoms with Crippen molar-refractivity contribution in [2.45, 2.75) is 89.8 Å². The summed E-state index contributed by atoms with van der Waals surface area (Å²) in [5.41, 5.74) is 5.76. The monoisotopic (exact) mass is 1080 g/mol. The molecule has 2 amide bonds. The van der Waals surface area contributed by atoms with Crippen molar-refractivity contribution in [2.75, 3.05) is 38.2 Å². The van der Waals surface area contributed by atoms with Crippen LogP contribution in [-0.4, -0.2) is 66.7 Å². The molecule has 3 aromatic rings. The van der Waals surface area contributed by atoms with Crippen LogP contribution in [0.5, 0.6) is 17.2 Å². The minimum Gasteiger partial charge on any atom is -0.508 e. The van der Waals surface area contributed by atoms with E-state index in [0.717, 1.165) is 18.2 Å². The number of halogens is 8. The number of hydrogen-bond donors (Lipinski definition) is 4. The van der Waals surface area contributed by atoms with Gasteiger partial charge in [-0.05, 0) is 139 Å². The number of amides is 2. The molecule has 0 aliphatic heterocycles. The number of ether oxygens (including phenoxy) is 4. The van der Waals surface area contributed by atoms with E-state index in [4.69, 9.17) is 59.5 Å². The van der Waals surface area contributed by atoms with Crippen LogP contribution < -0.4 is 25.8 Å². The number of nitrogens with one attached hydrogen (secondary N) is 2. The third-order valence-electron chi connectivity index (χ3n) is 10.1. The molecule has 0 radical (unpaired) electrons. The van der Waals surface area contributed by atoms with Crippen molar-refractivity contribution in [3.63, 3.8) is 0 Å². The number of alkyl halides is 1. The van der Waals surface area contributed by atoms with Gasteiger partial charge in [0.15, 0.2) is 0 Å². The standard InChI is InChI=1S/C18H23ClFNO3.C15H19ClFNO3.C13H15ClFNO.C3H5Br.ClH/c1-5-8-23-14-7-6-13(19)16(20)15(14)12-9-11(12)10-21-17(22)24-18(2,3)4;1-15(2,3)21-14(20)18-7-8-6-9(8)12-11(19)5-4-10(16)13(12)17;1-2-5-17-11-4-3-10(14)13(15)12(11)9-6-8(9)7-16;1-2-3-4;/h5-7,11-12H,1,8-10H2,2-4H3,(H,21,22);4-5,8-9,19H,6-7H2,1-3H3,(H,18,20);2-4,8-9H,1,5-7,16H2;2H,1,3H2;1H. The summed E-state index contributed by atoms with van der Waals surface area (Å²) >= 11 is 20.6. The van der Waals surface area contributed by atoms with Crippen molar-refractivity contribution in [1.82, 2.24) is 10.6 Å². The number of aromatic hydroxyl groups is 1. The maximum absolute atomic E-state index is 14.4. The summed E-state index contributed by atoms with van der Waals surface area (Å²) in [6, 6.07) is 9.08. The van der Waals surface area contributed by atoms with Gasteiger partial charge in [0.2, 0.25) is 0 Å². The third kappa shape index (κ3) is 19.3. The van der Waals surface area contributed by atoms with E-state index in [1.807, 2.05) is 0 Å². The second-order valence-electron chi connectivity index (χ2n) is 17.8. The topological polar surface area (TPSA) is 141 Å². The second kappa shape index (κ2) is 27.4. The molecule has 0 heterocycles. The molecule has 3 saturated carbocycles. The summed E-state index contributed by atoms with van der Waals surface area (Å²) in [4.78, 5) is 23.2. The highest BCUT2D eigenvalue weighted by molar-refractivity contribution is 9.09. The lowest BCUT2D eigenvalue weighted by Crippen LogP contribution is -2.33. The van der Waals surface area contributed by atoms with Crippen LogP contribution in [0, 0.1) is 35.2 Å². The lowest BCUT2D eigenvalue weighted by molar-refractivity contribution is 0.0513. The number of allylic oxidation sites excluding steroid dienone is 1. The number of alkyl carbamates (subject to hydrolysis) is 2. The highest BCUT2D eigenvalue weighted by Gasteiger charge is 2.44. The largest absolute Gasteiger partial charge is 0.508 e. The van der Waals surface area contributed by atoms with E-state index in [2.05, 4.69) is 46.3 Å². The first-order chi connectivity index (χ1) is 31.0. The maximum Gasteiger partial charge on any atom is 0.407 e. The Kier molecular flexibility index (Phi) is 24.3. The van der Waals surface area contributed by atoms with Crippen LogP contribution in [0.3, 0.4) is 0 Å². The number of carbonyl (C=O) groups is 2. The van der Waals surface area contributed by atoms with E-state index in [1.165, 1.54) is 24.3 Å². The Labute approximate surface area is 422 Å². The summed E-state index contributed by atoms with van der Waals surface area (Å²) in [6.45, 7) is 23.4. The SMILES string of the molecule is C=CCBr.C=CCOc1ccc(Cl)c(F)c1C1CC1CN.C=CCOc1ccc(Cl)c(F)c1C1CC1CNC(=O)OC(C)(C)C.CC(C)(C)OC(=O)NCC1CC1c1c(O)ccc(Cl)c1F.Cl. The van der Waals surface area contributed by atoms with E-state index in [1.54, 1.807) is 71.9 Å². The normalized spacial score (nSPS) is 19.6. The smallest absolute Gasteiger partial charge is 0.407 e. The van der Waals surface area contributed by atoms with Gasteiger partial charge in [-0.2, -0.15) is 0 Å². The Morgan fingerprint density at radius 2 is 1.03 bits per heavy atom. The van der Waals surface area contributed by atoms with Gasteiger partial charge in [-0.15, -0.1) is 19.0 Å². The van der Waals surface area contributed by atoms with Crippen molar-refractivity contribution in [1.29, 1.82) is 0 Å². The summed E-state index contributed by atoms with van der Waals surface area (Å²) in [5, 5.41) is 16.2. The van der Waals surface area contributed by atoms with Crippen molar-refractivity contribution in [3.8, 4) is 17.2 Å². The molecule has 0 spiro atoms. The Morgan fingerprint density at radius 1 is 0.687 bits per heavy atom. The molecule has 0 aromatic heterocycles. The zero-order valence-corrected chi connectivity index (χ0v) is 43.3. The van der Waals surface area contributed by atoms with Gasteiger partial charge >= 0.3 is 12.2 Å². The molecule has 372 valence electrons. The van der Waals surface area contributed by atoms with Gasteiger partial charge < -0.3 is 40.4 Å². The number of phenols is 1. The van der Waals surface area contributed by atoms with E-state index >= 15 is 0 Å². The molecule has 6 unspecified atom stereocenters. The van der Waals surface area contributed by atoms with E-state index in [9.17, 15) is 27.9 Å². The fourth-order valence-electron chi connectivity index (χ4n) is 6.82. The molecule has 0 bridgehead atoms. The molecule has 3 aliphatic rings. The van der Waals surface area contributed by atoms with Crippen LogP contribution in [0.2, 0.25) is 15.1 Å². The van der Waals surface area contributed by atoms with Crippen molar-refractivity contribution >= 4 is 75.3 Å². The average molecular weight is 1080 g/mol. The van der Waals surface area contributed by atoms with Crippen molar-refractivity contribution < 1.29 is 46.8 Å². The zero-order chi connectivity index (χ0) is 49.5. The highest BCUT2D eigenvalue weighted by Crippen LogP contribution is 2.53. The molecule has 10 nitrogen and oxygen atoms in total. The van der Waals surface area contributed by atoms with Crippen molar-refractivity contribution in [2.24, 2.45) is 23.5 Å². The molecule has 3 aromatic carbocycles. The lowest BCUT2D eigenvalue weighted by Gasteiger charge is -2.19. The molecule has 6 rings (SSSR count). The van der Waals surface area contributed by atoms with Crippen molar-refractivity contribution in [3.05, 3.63) is 124 Å². The number of benzene rings is 3. The number of hydrogen-bond acceptors (Lipinski definition) is 8. The fraction of sp³-hybridized carbons (Fsp3) is 0.469.